The van der Waals surface area contributed by atoms with Gasteiger partial charge in [-0.15, -0.1) is 0 Å². The number of furan rings is 1. The van der Waals surface area contributed by atoms with E-state index in [9.17, 15) is 0 Å². The Balaban J connectivity index is 2.21. The van der Waals surface area contributed by atoms with Crippen LogP contribution in [0.3, 0.4) is 0 Å². The molecule has 2 nitrogen and oxygen atoms in total. The molecule has 0 aliphatic rings. The summed E-state index contributed by atoms with van der Waals surface area (Å²) < 4.78 is 5.83. The standard InChI is InChI=1S/C15H18ClNO/c1-10(2)17-9-13-6-7-15(18-13)14-8-12(16)5-4-11(14)3/h4-8,10,17H,9H2,1-3H3. The Morgan fingerprint density at radius 2 is 2.00 bits per heavy atom. The van der Waals surface area contributed by atoms with Crippen LogP contribution in [0, 0.1) is 6.92 Å². The highest BCUT2D eigenvalue weighted by atomic mass is 35.5. The molecular formula is C15H18ClNO. The topological polar surface area (TPSA) is 25.2 Å². The third-order valence-corrected chi connectivity index (χ3v) is 3.05. The summed E-state index contributed by atoms with van der Waals surface area (Å²) in [6.45, 7) is 7.04. The number of benzene rings is 1. The summed E-state index contributed by atoms with van der Waals surface area (Å²) in [5.41, 5.74) is 2.22. The molecule has 0 aliphatic carbocycles. The Kier molecular flexibility index (Phi) is 4.10. The fraction of sp³-hybridized carbons (Fsp3) is 0.333. The molecule has 0 fully saturated rings. The van der Waals surface area contributed by atoms with Gasteiger partial charge in [0.2, 0.25) is 0 Å². The Morgan fingerprint density at radius 1 is 1.22 bits per heavy atom. The maximum Gasteiger partial charge on any atom is 0.134 e. The van der Waals surface area contributed by atoms with Crippen molar-refractivity contribution in [2.75, 3.05) is 0 Å². The van der Waals surface area contributed by atoms with Gasteiger partial charge < -0.3 is 9.73 Å². The third kappa shape index (κ3) is 3.15. The average Bonchev–Trinajstić information content (AvgIpc) is 2.78. The number of hydrogen-bond donors (Lipinski definition) is 1. The zero-order valence-corrected chi connectivity index (χ0v) is 11.7. The van der Waals surface area contributed by atoms with E-state index in [2.05, 4.69) is 26.1 Å². The molecule has 0 saturated heterocycles. The fourth-order valence-electron chi connectivity index (χ4n) is 1.78. The molecule has 2 rings (SSSR count). The molecule has 1 aromatic heterocycles. The number of hydrogen-bond acceptors (Lipinski definition) is 2. The maximum absolute atomic E-state index is 6.02. The molecule has 1 aromatic carbocycles. The molecule has 96 valence electrons. The normalized spacial score (nSPS) is 11.2. The van der Waals surface area contributed by atoms with Crippen molar-refractivity contribution in [1.82, 2.24) is 5.32 Å². The van der Waals surface area contributed by atoms with Crippen molar-refractivity contribution < 1.29 is 4.42 Å². The van der Waals surface area contributed by atoms with Crippen molar-refractivity contribution in [3.8, 4) is 11.3 Å². The van der Waals surface area contributed by atoms with Crippen molar-refractivity contribution in [2.45, 2.75) is 33.4 Å². The molecule has 18 heavy (non-hydrogen) atoms. The fourth-order valence-corrected chi connectivity index (χ4v) is 1.95. The second kappa shape index (κ2) is 5.59. The summed E-state index contributed by atoms with van der Waals surface area (Å²) in [5, 5.41) is 4.06. The number of rotatable bonds is 4. The number of nitrogens with one attached hydrogen (secondary N) is 1. The Morgan fingerprint density at radius 3 is 2.72 bits per heavy atom. The molecule has 0 aliphatic heterocycles. The predicted molar refractivity (Wildman–Crippen MR) is 75.9 cm³/mol. The van der Waals surface area contributed by atoms with Gasteiger partial charge in [0.15, 0.2) is 0 Å². The first-order valence-electron chi connectivity index (χ1n) is 6.15. The van der Waals surface area contributed by atoms with E-state index in [-0.39, 0.29) is 0 Å². The summed E-state index contributed by atoms with van der Waals surface area (Å²) in [7, 11) is 0. The monoisotopic (exact) mass is 263 g/mol. The summed E-state index contributed by atoms with van der Waals surface area (Å²) in [4.78, 5) is 0. The molecule has 0 spiro atoms. The first-order chi connectivity index (χ1) is 8.56. The smallest absolute Gasteiger partial charge is 0.134 e. The first-order valence-corrected chi connectivity index (χ1v) is 6.52. The van der Waals surface area contributed by atoms with Gasteiger partial charge >= 0.3 is 0 Å². The van der Waals surface area contributed by atoms with Gasteiger partial charge in [0.05, 0.1) is 6.54 Å². The Hall–Kier alpha value is -1.25. The molecule has 0 bridgehead atoms. The summed E-state index contributed by atoms with van der Waals surface area (Å²) in [6.07, 6.45) is 0. The lowest BCUT2D eigenvalue weighted by atomic mass is 10.1. The zero-order valence-electron chi connectivity index (χ0n) is 11.0. The molecule has 1 N–H and O–H groups in total. The maximum atomic E-state index is 6.02. The molecule has 0 unspecified atom stereocenters. The van der Waals surface area contributed by atoms with Crippen LogP contribution < -0.4 is 5.32 Å². The highest BCUT2D eigenvalue weighted by Crippen LogP contribution is 2.28. The van der Waals surface area contributed by atoms with E-state index in [1.807, 2.05) is 30.3 Å². The van der Waals surface area contributed by atoms with E-state index in [1.54, 1.807) is 0 Å². The summed E-state index contributed by atoms with van der Waals surface area (Å²) >= 11 is 6.02. The quantitative estimate of drug-likeness (QED) is 0.884. The van der Waals surface area contributed by atoms with Crippen molar-refractivity contribution >= 4 is 11.6 Å². The van der Waals surface area contributed by atoms with Crippen LogP contribution in [0.25, 0.3) is 11.3 Å². The molecule has 0 atom stereocenters. The van der Waals surface area contributed by atoms with Crippen LogP contribution in [0.1, 0.15) is 25.2 Å². The molecule has 1 heterocycles. The number of aryl methyl sites for hydroxylation is 1. The van der Waals surface area contributed by atoms with Crippen LogP contribution in [0.2, 0.25) is 5.02 Å². The van der Waals surface area contributed by atoms with Crippen molar-refractivity contribution in [3.05, 3.63) is 46.7 Å². The lowest BCUT2D eigenvalue weighted by molar-refractivity contribution is 0.473. The van der Waals surface area contributed by atoms with Crippen LogP contribution in [0.15, 0.2) is 34.7 Å². The highest BCUT2D eigenvalue weighted by Gasteiger charge is 2.08. The van der Waals surface area contributed by atoms with Gasteiger partial charge in [0, 0.05) is 16.6 Å². The third-order valence-electron chi connectivity index (χ3n) is 2.81. The van der Waals surface area contributed by atoms with E-state index < -0.39 is 0 Å². The molecule has 3 heteroatoms. The molecule has 0 radical (unpaired) electrons. The lowest BCUT2D eigenvalue weighted by Gasteiger charge is -2.06. The minimum Gasteiger partial charge on any atom is -0.460 e. The Bertz CT molecular complexity index is 531. The SMILES string of the molecule is Cc1ccc(Cl)cc1-c1ccc(CNC(C)C)o1. The molecule has 0 saturated carbocycles. The van der Waals surface area contributed by atoms with Crippen molar-refractivity contribution in [1.29, 1.82) is 0 Å². The van der Waals surface area contributed by atoms with Gasteiger partial charge in [-0.2, -0.15) is 0 Å². The largest absolute Gasteiger partial charge is 0.460 e. The average molecular weight is 264 g/mol. The van der Waals surface area contributed by atoms with Gasteiger partial charge in [-0.1, -0.05) is 31.5 Å². The van der Waals surface area contributed by atoms with Crippen LogP contribution in [0.5, 0.6) is 0 Å². The summed E-state index contributed by atoms with van der Waals surface area (Å²) in [6, 6.07) is 10.3. The molecular weight excluding hydrogens is 246 g/mol. The molecule has 2 aromatic rings. The van der Waals surface area contributed by atoms with Crippen LogP contribution >= 0.6 is 11.6 Å². The van der Waals surface area contributed by atoms with Gasteiger partial charge in [-0.3, -0.25) is 0 Å². The predicted octanol–water partition coefficient (Wildman–Crippen LogP) is 4.41. The lowest BCUT2D eigenvalue weighted by Crippen LogP contribution is -2.21. The van der Waals surface area contributed by atoms with Crippen molar-refractivity contribution in [3.63, 3.8) is 0 Å². The second-order valence-electron chi connectivity index (χ2n) is 4.76. The minimum atomic E-state index is 0.450. The van der Waals surface area contributed by atoms with E-state index in [1.165, 1.54) is 0 Å². The van der Waals surface area contributed by atoms with Gasteiger partial charge in [-0.25, -0.2) is 0 Å². The minimum absolute atomic E-state index is 0.450. The van der Waals surface area contributed by atoms with Gasteiger partial charge in [0.1, 0.15) is 11.5 Å². The molecule has 0 amide bonds. The Labute approximate surface area is 113 Å². The summed E-state index contributed by atoms with van der Waals surface area (Å²) in [5.74, 6) is 1.81. The first kappa shape index (κ1) is 13.2. The number of halogens is 1. The second-order valence-corrected chi connectivity index (χ2v) is 5.20. The van der Waals surface area contributed by atoms with E-state index >= 15 is 0 Å². The van der Waals surface area contributed by atoms with E-state index in [4.69, 9.17) is 16.0 Å². The van der Waals surface area contributed by atoms with E-state index in [0.717, 1.165) is 34.2 Å². The van der Waals surface area contributed by atoms with Gasteiger partial charge in [-0.05, 0) is 36.8 Å². The highest BCUT2D eigenvalue weighted by molar-refractivity contribution is 6.30. The zero-order chi connectivity index (χ0) is 13.1. The van der Waals surface area contributed by atoms with Crippen LogP contribution in [0.4, 0.5) is 0 Å². The van der Waals surface area contributed by atoms with Crippen LogP contribution in [-0.4, -0.2) is 6.04 Å². The van der Waals surface area contributed by atoms with Crippen LogP contribution in [-0.2, 0) is 6.54 Å². The van der Waals surface area contributed by atoms with E-state index in [0.29, 0.717) is 6.04 Å². The van der Waals surface area contributed by atoms with Gasteiger partial charge in [0.25, 0.3) is 0 Å². The van der Waals surface area contributed by atoms with Crippen molar-refractivity contribution in [2.24, 2.45) is 0 Å².